The third-order valence-corrected chi connectivity index (χ3v) is 8.52. The van der Waals surface area contributed by atoms with Gasteiger partial charge in [0.05, 0.1) is 17.8 Å². The van der Waals surface area contributed by atoms with Gasteiger partial charge in [-0.2, -0.15) is 5.10 Å². The molecule has 1 atom stereocenters. The molecule has 2 N–H and O–H groups in total. The van der Waals surface area contributed by atoms with E-state index in [0.29, 0.717) is 34.0 Å². The molecule has 4 aromatic rings. The van der Waals surface area contributed by atoms with Gasteiger partial charge in [-0.25, -0.2) is 13.2 Å². The molecule has 2 heterocycles. The number of amides is 1. The summed E-state index contributed by atoms with van der Waals surface area (Å²) < 4.78 is 44.3. The van der Waals surface area contributed by atoms with Crippen molar-refractivity contribution in [1.82, 2.24) is 14.8 Å². The van der Waals surface area contributed by atoms with E-state index in [9.17, 15) is 27.6 Å². The van der Waals surface area contributed by atoms with Crippen LogP contribution in [0.4, 0.5) is 13.2 Å². The van der Waals surface area contributed by atoms with Crippen LogP contribution in [-0.2, 0) is 24.2 Å². The van der Waals surface area contributed by atoms with E-state index in [-0.39, 0.29) is 42.4 Å². The van der Waals surface area contributed by atoms with Crippen LogP contribution in [0, 0.1) is 23.4 Å². The minimum Gasteiger partial charge on any atom is -0.366 e. The maximum Gasteiger partial charge on any atom is 0.251 e. The van der Waals surface area contributed by atoms with Crippen LogP contribution in [0.1, 0.15) is 81.4 Å². The van der Waals surface area contributed by atoms with Gasteiger partial charge in [0.25, 0.3) is 5.91 Å². The van der Waals surface area contributed by atoms with Crippen LogP contribution < -0.4 is 5.73 Å². The number of ketones is 2. The lowest BCUT2D eigenvalue weighted by Gasteiger charge is -2.41. The molecule has 1 amide bonds. The maximum absolute atomic E-state index is 14.3. The summed E-state index contributed by atoms with van der Waals surface area (Å²) in [5, 5.41) is 4.55. The van der Waals surface area contributed by atoms with Gasteiger partial charge < -0.3 is 5.73 Å². The average Bonchev–Trinajstić information content (AvgIpc) is 3.31. The Bertz CT molecular complexity index is 1760. The van der Waals surface area contributed by atoms with Gasteiger partial charge in [-0.3, -0.25) is 24.0 Å². The minimum absolute atomic E-state index is 0.0522. The van der Waals surface area contributed by atoms with Crippen LogP contribution in [0.3, 0.4) is 0 Å². The SMILES string of the molecule is CC(=O)c1nn(CC(=O)C[C@@H](Cc2cc(F)cc(F)c2)c2ncccc2-c2ccc(F)c(C(N)=O)c2)c2c1CC1CC2C1. The standard InChI is InChI=1S/C33H29F3N4O3/c1-17(41)30-28-12-18-8-22(9-18)32(28)40(39-30)16-25(42)13-21(7-19-10-23(34)15-24(35)11-19)31-26(3-2-6-38-31)20-4-5-29(36)27(14-20)33(37)43/h2-6,10-11,14-15,18,21-22H,7-9,12-13,16H2,1H3,(H2,37,43)/t18?,21-,22?/m1/s1. The van der Waals surface area contributed by atoms with Crippen molar-refractivity contribution in [3.8, 4) is 11.1 Å². The molecule has 0 radical (unpaired) electrons. The van der Waals surface area contributed by atoms with Crippen LogP contribution in [0.15, 0.2) is 54.7 Å². The Morgan fingerprint density at radius 2 is 1.79 bits per heavy atom. The molecular formula is C33H29F3N4O3. The number of rotatable bonds is 10. The summed E-state index contributed by atoms with van der Waals surface area (Å²) in [7, 11) is 0. The van der Waals surface area contributed by atoms with Gasteiger partial charge in [-0.05, 0) is 73.1 Å². The van der Waals surface area contributed by atoms with Crippen molar-refractivity contribution in [3.63, 3.8) is 0 Å². The smallest absolute Gasteiger partial charge is 0.251 e. The van der Waals surface area contributed by atoms with E-state index < -0.39 is 29.3 Å². The molecule has 2 aromatic carbocycles. The quantitative estimate of drug-likeness (QED) is 0.240. The fourth-order valence-corrected chi connectivity index (χ4v) is 6.64. The van der Waals surface area contributed by atoms with E-state index in [1.165, 1.54) is 37.4 Å². The molecule has 1 saturated carbocycles. The van der Waals surface area contributed by atoms with Gasteiger partial charge in [0.2, 0.25) is 0 Å². The lowest BCUT2D eigenvalue weighted by atomic mass is 9.64. The number of hydrogen-bond donors (Lipinski definition) is 1. The highest BCUT2D eigenvalue weighted by atomic mass is 19.1. The number of pyridine rings is 1. The molecule has 2 aromatic heterocycles. The molecule has 0 saturated heterocycles. The summed E-state index contributed by atoms with van der Waals surface area (Å²) >= 11 is 0. The number of carbonyl (C=O) groups is 3. The summed E-state index contributed by atoms with van der Waals surface area (Å²) in [6.45, 7) is 1.42. The number of Topliss-reactive ketones (excluding diaryl/α,β-unsaturated/α-hetero) is 2. The van der Waals surface area contributed by atoms with E-state index in [4.69, 9.17) is 5.73 Å². The van der Waals surface area contributed by atoms with Gasteiger partial charge >= 0.3 is 0 Å². The van der Waals surface area contributed by atoms with Crippen molar-refractivity contribution in [2.45, 2.75) is 57.4 Å². The first kappa shape index (κ1) is 28.5. The average molecular weight is 587 g/mol. The van der Waals surface area contributed by atoms with Gasteiger partial charge in [0.15, 0.2) is 11.6 Å². The number of nitrogens with two attached hydrogens (primary N) is 1. The van der Waals surface area contributed by atoms with Crippen LogP contribution in [-0.4, -0.2) is 32.2 Å². The predicted molar refractivity (Wildman–Crippen MR) is 152 cm³/mol. The van der Waals surface area contributed by atoms with Crippen LogP contribution >= 0.6 is 0 Å². The largest absolute Gasteiger partial charge is 0.366 e. The molecule has 3 aliphatic rings. The fraction of sp³-hybridized carbons (Fsp3) is 0.303. The molecule has 1 fully saturated rings. The normalized spacial score (nSPS) is 17.6. The monoisotopic (exact) mass is 586 g/mol. The van der Waals surface area contributed by atoms with E-state index in [2.05, 4.69) is 10.1 Å². The molecule has 2 bridgehead atoms. The second-order valence-electron chi connectivity index (χ2n) is 11.6. The topological polar surface area (TPSA) is 108 Å². The van der Waals surface area contributed by atoms with Crippen LogP contribution in [0.5, 0.6) is 0 Å². The molecule has 43 heavy (non-hydrogen) atoms. The second-order valence-corrected chi connectivity index (χ2v) is 11.6. The first-order chi connectivity index (χ1) is 20.6. The zero-order chi connectivity index (χ0) is 30.4. The Labute approximate surface area is 245 Å². The van der Waals surface area contributed by atoms with E-state index in [0.717, 1.165) is 42.7 Å². The van der Waals surface area contributed by atoms with Crippen molar-refractivity contribution in [2.24, 2.45) is 11.7 Å². The zero-order valence-corrected chi connectivity index (χ0v) is 23.4. The summed E-state index contributed by atoms with van der Waals surface area (Å²) in [6, 6.07) is 10.5. The molecule has 220 valence electrons. The molecule has 0 unspecified atom stereocenters. The number of primary amides is 1. The summed E-state index contributed by atoms with van der Waals surface area (Å²) in [6.07, 6.45) is 4.38. The number of aromatic nitrogens is 3. The van der Waals surface area contributed by atoms with E-state index >= 15 is 0 Å². The van der Waals surface area contributed by atoms with Crippen molar-refractivity contribution >= 4 is 17.5 Å². The second kappa shape index (κ2) is 11.2. The third-order valence-electron chi connectivity index (χ3n) is 8.52. The van der Waals surface area contributed by atoms with Crippen LogP contribution in [0.2, 0.25) is 0 Å². The highest BCUT2D eigenvalue weighted by Crippen LogP contribution is 2.50. The molecule has 10 heteroatoms. The lowest BCUT2D eigenvalue weighted by molar-refractivity contribution is -0.120. The van der Waals surface area contributed by atoms with Gasteiger partial charge in [-0.1, -0.05) is 12.1 Å². The number of nitrogens with zero attached hydrogens (tertiary/aromatic N) is 3. The fourth-order valence-electron chi connectivity index (χ4n) is 6.64. The number of hydrogen-bond acceptors (Lipinski definition) is 5. The first-order valence-corrected chi connectivity index (χ1v) is 14.2. The first-order valence-electron chi connectivity index (χ1n) is 14.2. The molecule has 3 aliphatic carbocycles. The summed E-state index contributed by atoms with van der Waals surface area (Å²) in [4.78, 5) is 42.4. The van der Waals surface area contributed by atoms with Gasteiger partial charge in [0.1, 0.15) is 23.1 Å². The van der Waals surface area contributed by atoms with E-state index in [1.807, 2.05) is 0 Å². The summed E-state index contributed by atoms with van der Waals surface area (Å²) in [5.74, 6) is -3.35. The Hall–Kier alpha value is -4.60. The van der Waals surface area contributed by atoms with E-state index in [1.54, 1.807) is 16.8 Å². The Balaban J connectivity index is 1.36. The predicted octanol–water partition coefficient (Wildman–Crippen LogP) is 5.70. The zero-order valence-electron chi connectivity index (χ0n) is 23.4. The highest BCUT2D eigenvalue weighted by molar-refractivity contribution is 5.95. The Kier molecular flexibility index (Phi) is 7.45. The Morgan fingerprint density at radius 1 is 1.05 bits per heavy atom. The maximum atomic E-state index is 14.3. The molecule has 7 nitrogen and oxygen atoms in total. The van der Waals surface area contributed by atoms with Crippen molar-refractivity contribution in [3.05, 3.63) is 106 Å². The highest BCUT2D eigenvalue weighted by Gasteiger charge is 2.42. The van der Waals surface area contributed by atoms with Crippen LogP contribution in [0.25, 0.3) is 11.1 Å². The van der Waals surface area contributed by atoms with Gasteiger partial charge in [0, 0.05) is 54.3 Å². The van der Waals surface area contributed by atoms with Crippen molar-refractivity contribution < 1.29 is 27.6 Å². The van der Waals surface area contributed by atoms with Gasteiger partial charge in [-0.15, -0.1) is 0 Å². The molecule has 7 rings (SSSR count). The minimum atomic E-state index is -0.933. The molecule has 0 aliphatic heterocycles. The lowest BCUT2D eigenvalue weighted by Crippen LogP contribution is -2.33. The third kappa shape index (κ3) is 5.61. The molecular weight excluding hydrogens is 557 g/mol. The number of carbonyl (C=O) groups excluding carboxylic acids is 3. The Morgan fingerprint density at radius 3 is 2.49 bits per heavy atom. The van der Waals surface area contributed by atoms with Crippen molar-refractivity contribution in [2.75, 3.05) is 0 Å². The number of halogens is 3. The number of benzene rings is 2. The van der Waals surface area contributed by atoms with Crippen molar-refractivity contribution in [1.29, 1.82) is 0 Å². The molecule has 0 spiro atoms. The summed E-state index contributed by atoms with van der Waals surface area (Å²) in [5.41, 5.74) is 9.13.